The first-order valence-electron chi connectivity index (χ1n) is 11.8. The molecular formula is C29H24FNO5. The Morgan fingerprint density at radius 3 is 2.56 bits per heavy atom. The number of ketones is 1. The minimum Gasteiger partial charge on any atom is -0.494 e. The number of halogens is 1. The van der Waals surface area contributed by atoms with Crippen LogP contribution in [0.3, 0.4) is 0 Å². The fraction of sp³-hybridized carbons (Fsp3) is 0.207. The SMILES string of the molecule is CCCCOc1cccc(C2c3c(oc4ccc(F)cc4c3=O)C(=O)N2c2ccc(C(C)=O)cc2)c1. The lowest BCUT2D eigenvalue weighted by Gasteiger charge is -2.25. The number of carbonyl (C=O) groups is 2. The highest BCUT2D eigenvalue weighted by atomic mass is 19.1. The molecule has 2 heterocycles. The minimum absolute atomic E-state index is 0.0654. The maximum absolute atomic E-state index is 14.0. The maximum Gasteiger partial charge on any atom is 0.295 e. The third kappa shape index (κ3) is 4.06. The van der Waals surface area contributed by atoms with Gasteiger partial charge in [0.25, 0.3) is 5.91 Å². The van der Waals surface area contributed by atoms with Crippen molar-refractivity contribution in [3.8, 4) is 5.75 Å². The lowest BCUT2D eigenvalue weighted by molar-refractivity contribution is 0.0970. The van der Waals surface area contributed by atoms with Crippen molar-refractivity contribution in [1.82, 2.24) is 0 Å². The van der Waals surface area contributed by atoms with Gasteiger partial charge in [-0.05, 0) is 73.5 Å². The molecule has 4 aromatic rings. The van der Waals surface area contributed by atoms with Crippen LogP contribution >= 0.6 is 0 Å². The monoisotopic (exact) mass is 485 g/mol. The summed E-state index contributed by atoms with van der Waals surface area (Å²) in [5.41, 5.74) is 1.45. The van der Waals surface area contributed by atoms with E-state index >= 15 is 0 Å². The Bertz CT molecular complexity index is 1540. The average molecular weight is 486 g/mol. The number of benzene rings is 3. The molecule has 3 aromatic carbocycles. The molecule has 1 unspecified atom stereocenters. The Morgan fingerprint density at radius 2 is 1.83 bits per heavy atom. The number of Topliss-reactive ketones (excluding diaryl/α,β-unsaturated/α-hetero) is 1. The Balaban J connectivity index is 1.70. The van der Waals surface area contributed by atoms with Crippen molar-refractivity contribution in [2.45, 2.75) is 32.7 Å². The molecule has 0 spiro atoms. The molecule has 0 aliphatic carbocycles. The Morgan fingerprint density at radius 1 is 1.06 bits per heavy atom. The van der Waals surface area contributed by atoms with Crippen LogP contribution in [0.2, 0.25) is 0 Å². The third-order valence-corrected chi connectivity index (χ3v) is 6.32. The smallest absolute Gasteiger partial charge is 0.295 e. The molecule has 1 aliphatic heterocycles. The highest BCUT2D eigenvalue weighted by Crippen LogP contribution is 2.42. The van der Waals surface area contributed by atoms with Crippen molar-refractivity contribution < 1.29 is 23.1 Å². The predicted octanol–water partition coefficient (Wildman–Crippen LogP) is 6.06. The first-order chi connectivity index (χ1) is 17.4. The van der Waals surface area contributed by atoms with Gasteiger partial charge in [0.1, 0.15) is 17.1 Å². The van der Waals surface area contributed by atoms with Gasteiger partial charge in [-0.3, -0.25) is 19.3 Å². The van der Waals surface area contributed by atoms with Crippen molar-refractivity contribution >= 4 is 28.3 Å². The van der Waals surface area contributed by atoms with Crippen LogP contribution in [0, 0.1) is 5.82 Å². The zero-order chi connectivity index (χ0) is 25.4. The quantitative estimate of drug-likeness (QED) is 0.235. The topological polar surface area (TPSA) is 76.8 Å². The average Bonchev–Trinajstić information content (AvgIpc) is 3.17. The number of nitrogens with zero attached hydrogens (tertiary/aromatic N) is 1. The summed E-state index contributed by atoms with van der Waals surface area (Å²) < 4.78 is 25.8. The number of hydrogen-bond donors (Lipinski definition) is 0. The summed E-state index contributed by atoms with van der Waals surface area (Å²) in [5, 5.41) is 0.0654. The van der Waals surface area contributed by atoms with E-state index in [0.717, 1.165) is 18.9 Å². The van der Waals surface area contributed by atoms with E-state index in [2.05, 4.69) is 6.92 Å². The summed E-state index contributed by atoms with van der Waals surface area (Å²) in [6.45, 7) is 4.08. The molecule has 1 atom stereocenters. The van der Waals surface area contributed by atoms with Gasteiger partial charge < -0.3 is 9.15 Å². The van der Waals surface area contributed by atoms with E-state index in [4.69, 9.17) is 9.15 Å². The summed E-state index contributed by atoms with van der Waals surface area (Å²) in [5.74, 6) is -0.636. The molecule has 0 N–H and O–H groups in total. The van der Waals surface area contributed by atoms with Crippen LogP contribution in [0.5, 0.6) is 5.75 Å². The highest BCUT2D eigenvalue weighted by molar-refractivity contribution is 6.11. The van der Waals surface area contributed by atoms with E-state index in [1.807, 2.05) is 12.1 Å². The van der Waals surface area contributed by atoms with E-state index in [9.17, 15) is 18.8 Å². The lowest BCUT2D eigenvalue weighted by atomic mass is 9.98. The van der Waals surface area contributed by atoms with Gasteiger partial charge in [0.05, 0.1) is 23.6 Å². The van der Waals surface area contributed by atoms with Crippen LogP contribution < -0.4 is 15.1 Å². The largest absolute Gasteiger partial charge is 0.494 e. The van der Waals surface area contributed by atoms with Crippen LogP contribution in [0.15, 0.2) is 75.9 Å². The molecule has 1 amide bonds. The van der Waals surface area contributed by atoms with Gasteiger partial charge in [-0.25, -0.2) is 4.39 Å². The Hall–Kier alpha value is -4.26. The molecule has 0 radical (unpaired) electrons. The van der Waals surface area contributed by atoms with Gasteiger partial charge >= 0.3 is 0 Å². The first kappa shape index (κ1) is 23.5. The standard InChI is InChI=1S/C29H24FNO5/c1-3-4-14-35-22-7-5-6-19(15-22)26-25-27(33)23-16-20(30)10-13-24(23)36-28(25)29(34)31(26)21-11-8-18(9-12-21)17(2)32/h5-13,15-16,26H,3-4,14H2,1-2H3. The van der Waals surface area contributed by atoms with Gasteiger partial charge in [0.2, 0.25) is 5.76 Å². The molecule has 36 heavy (non-hydrogen) atoms. The summed E-state index contributed by atoms with van der Waals surface area (Å²) >= 11 is 0. The summed E-state index contributed by atoms with van der Waals surface area (Å²) in [6.07, 6.45) is 1.88. The van der Waals surface area contributed by atoms with Crippen LogP contribution in [0.25, 0.3) is 11.0 Å². The zero-order valence-electron chi connectivity index (χ0n) is 19.9. The van der Waals surface area contributed by atoms with Crippen molar-refractivity contribution in [2.75, 3.05) is 11.5 Å². The number of hydrogen-bond acceptors (Lipinski definition) is 5. The lowest BCUT2D eigenvalue weighted by Crippen LogP contribution is -2.29. The highest BCUT2D eigenvalue weighted by Gasteiger charge is 2.43. The Labute approximate surface area is 206 Å². The number of fused-ring (bicyclic) bond motifs is 2. The maximum atomic E-state index is 14.0. The van der Waals surface area contributed by atoms with Crippen LogP contribution in [-0.2, 0) is 0 Å². The summed E-state index contributed by atoms with van der Waals surface area (Å²) in [4.78, 5) is 40.6. The Kier molecular flexibility index (Phi) is 6.14. The van der Waals surface area contributed by atoms with E-state index in [-0.39, 0.29) is 28.1 Å². The van der Waals surface area contributed by atoms with Crippen LogP contribution in [0.1, 0.15) is 64.8 Å². The van der Waals surface area contributed by atoms with Gasteiger partial charge in [0.15, 0.2) is 11.2 Å². The molecule has 6 nitrogen and oxygen atoms in total. The van der Waals surface area contributed by atoms with Gasteiger partial charge in [-0.2, -0.15) is 0 Å². The molecule has 5 rings (SSSR count). The van der Waals surface area contributed by atoms with Crippen molar-refractivity contribution in [3.05, 3.63) is 105 Å². The zero-order valence-corrected chi connectivity index (χ0v) is 19.9. The molecular weight excluding hydrogens is 461 g/mol. The fourth-order valence-corrected chi connectivity index (χ4v) is 4.49. The normalized spacial score (nSPS) is 14.8. The number of rotatable bonds is 7. The number of ether oxygens (including phenoxy) is 1. The second-order valence-corrected chi connectivity index (χ2v) is 8.77. The summed E-state index contributed by atoms with van der Waals surface area (Å²) in [7, 11) is 0. The second kappa shape index (κ2) is 9.41. The van der Waals surface area contributed by atoms with E-state index in [1.54, 1.807) is 36.4 Å². The third-order valence-electron chi connectivity index (χ3n) is 6.32. The predicted molar refractivity (Wildman–Crippen MR) is 134 cm³/mol. The first-order valence-corrected chi connectivity index (χ1v) is 11.8. The minimum atomic E-state index is -0.825. The molecule has 0 saturated carbocycles. The number of amides is 1. The molecule has 0 bridgehead atoms. The summed E-state index contributed by atoms with van der Waals surface area (Å²) in [6, 6.07) is 16.7. The van der Waals surface area contributed by atoms with Crippen LogP contribution in [-0.4, -0.2) is 18.3 Å². The number of unbranched alkanes of at least 4 members (excludes halogenated alkanes) is 1. The van der Waals surface area contributed by atoms with Gasteiger partial charge in [0, 0.05) is 11.3 Å². The van der Waals surface area contributed by atoms with Gasteiger partial charge in [-0.1, -0.05) is 25.5 Å². The van der Waals surface area contributed by atoms with E-state index < -0.39 is 23.2 Å². The molecule has 182 valence electrons. The van der Waals surface area contributed by atoms with Crippen molar-refractivity contribution in [1.29, 1.82) is 0 Å². The molecule has 0 fully saturated rings. The molecule has 7 heteroatoms. The van der Waals surface area contributed by atoms with Crippen molar-refractivity contribution in [2.24, 2.45) is 0 Å². The number of carbonyl (C=O) groups excluding carboxylic acids is 2. The molecule has 0 saturated heterocycles. The fourth-order valence-electron chi connectivity index (χ4n) is 4.49. The molecule has 1 aromatic heterocycles. The second-order valence-electron chi connectivity index (χ2n) is 8.77. The van der Waals surface area contributed by atoms with E-state index in [1.165, 1.54) is 24.0 Å². The van der Waals surface area contributed by atoms with E-state index in [0.29, 0.717) is 29.2 Å². The van der Waals surface area contributed by atoms with Gasteiger partial charge in [-0.15, -0.1) is 0 Å². The molecule has 1 aliphatic rings. The number of anilines is 1. The van der Waals surface area contributed by atoms with Crippen LogP contribution in [0.4, 0.5) is 10.1 Å². The van der Waals surface area contributed by atoms with Crippen molar-refractivity contribution in [3.63, 3.8) is 0 Å².